The van der Waals surface area contributed by atoms with E-state index in [1.54, 1.807) is 12.5 Å². The van der Waals surface area contributed by atoms with Crippen LogP contribution in [-0.2, 0) is 0 Å². The van der Waals surface area contributed by atoms with Crippen molar-refractivity contribution in [2.45, 2.75) is 18.9 Å². The molecule has 0 spiro atoms. The Morgan fingerprint density at radius 3 is 2.10 bits per heavy atom. The molecule has 5 rings (SSSR count). The van der Waals surface area contributed by atoms with Gasteiger partial charge >= 0.3 is 0 Å². The summed E-state index contributed by atoms with van der Waals surface area (Å²) in [6.07, 6.45) is 5.47. The minimum atomic E-state index is 0.484. The highest BCUT2D eigenvalue weighted by Gasteiger charge is 2.22. The van der Waals surface area contributed by atoms with E-state index >= 15 is 0 Å². The molecule has 0 radical (unpaired) electrons. The first-order chi connectivity index (χ1) is 15.4. The second kappa shape index (κ2) is 9.06. The molecule has 0 aliphatic carbocycles. The summed E-state index contributed by atoms with van der Waals surface area (Å²) >= 11 is 0. The van der Waals surface area contributed by atoms with Crippen molar-refractivity contribution in [3.05, 3.63) is 91.3 Å². The van der Waals surface area contributed by atoms with E-state index in [4.69, 9.17) is 9.15 Å². The number of anilines is 2. The third kappa shape index (κ3) is 4.47. The first kappa shape index (κ1) is 19.4. The molecule has 0 atom stereocenters. The second-order valence-corrected chi connectivity index (χ2v) is 7.64. The molecule has 5 heteroatoms. The lowest BCUT2D eigenvalue weighted by Gasteiger charge is -2.36. The van der Waals surface area contributed by atoms with Crippen LogP contribution >= 0.6 is 0 Å². The summed E-state index contributed by atoms with van der Waals surface area (Å²) in [7, 11) is 0. The van der Waals surface area contributed by atoms with Crippen LogP contribution < -0.4 is 15.0 Å². The van der Waals surface area contributed by atoms with Crippen LogP contribution in [-0.4, -0.2) is 24.1 Å². The van der Waals surface area contributed by atoms with Crippen LogP contribution in [0.4, 0.5) is 11.4 Å². The highest BCUT2D eigenvalue weighted by atomic mass is 16.5. The zero-order chi connectivity index (χ0) is 20.9. The fourth-order valence-electron chi connectivity index (χ4n) is 4.07. The molecule has 4 aromatic rings. The number of rotatable bonds is 6. The molecule has 1 aliphatic heterocycles. The van der Waals surface area contributed by atoms with E-state index in [1.165, 1.54) is 11.4 Å². The van der Waals surface area contributed by atoms with Crippen LogP contribution in [0.1, 0.15) is 12.8 Å². The Kier molecular flexibility index (Phi) is 5.67. The fourth-order valence-corrected chi connectivity index (χ4v) is 4.07. The minimum absolute atomic E-state index is 0.484. The largest absolute Gasteiger partial charge is 0.457 e. The molecule has 0 saturated carbocycles. The summed E-state index contributed by atoms with van der Waals surface area (Å²) in [6, 6.07) is 27.2. The van der Waals surface area contributed by atoms with E-state index in [1.807, 2.05) is 36.4 Å². The van der Waals surface area contributed by atoms with Crippen LogP contribution in [0.3, 0.4) is 0 Å². The molecule has 0 amide bonds. The Labute approximate surface area is 182 Å². The predicted octanol–water partition coefficient (Wildman–Crippen LogP) is 6.02. The fraction of sp³-hybridized carbons (Fsp3) is 0.192. The Bertz CT molecular complexity index is 1070. The molecular weight excluding hydrogens is 386 g/mol. The predicted molar refractivity (Wildman–Crippen MR) is 123 cm³/mol. The standard InChI is InChI=1S/C26H25N3O2/c1-2-4-21(5-3-1)29(23-14-16-27-17-15-23)22-8-12-25(13-9-22)31-24-10-6-20(7-11-24)26-28-18-19-30-26/h1-13,18-19,23,27H,14-17H2. The maximum atomic E-state index is 6.06. The number of hydrogen-bond donors (Lipinski definition) is 1. The van der Waals surface area contributed by atoms with Gasteiger partial charge in [0.25, 0.3) is 0 Å². The number of nitrogens with one attached hydrogen (secondary N) is 1. The van der Waals surface area contributed by atoms with Crippen molar-refractivity contribution in [2.75, 3.05) is 18.0 Å². The van der Waals surface area contributed by atoms with E-state index in [-0.39, 0.29) is 0 Å². The van der Waals surface area contributed by atoms with Crippen molar-refractivity contribution in [1.82, 2.24) is 10.3 Å². The van der Waals surface area contributed by atoms with Gasteiger partial charge in [-0.25, -0.2) is 4.98 Å². The number of hydrogen-bond acceptors (Lipinski definition) is 5. The van der Waals surface area contributed by atoms with E-state index in [0.717, 1.165) is 43.0 Å². The third-order valence-electron chi connectivity index (χ3n) is 5.59. The average molecular weight is 412 g/mol. The lowest BCUT2D eigenvalue weighted by atomic mass is 10.0. The number of benzene rings is 3. The molecule has 156 valence electrons. The zero-order valence-electron chi connectivity index (χ0n) is 17.3. The van der Waals surface area contributed by atoms with Gasteiger partial charge in [0.05, 0.1) is 6.20 Å². The summed E-state index contributed by atoms with van der Waals surface area (Å²) < 4.78 is 11.4. The van der Waals surface area contributed by atoms with Crippen molar-refractivity contribution in [3.63, 3.8) is 0 Å². The Hall–Kier alpha value is -3.57. The van der Waals surface area contributed by atoms with Crippen LogP contribution in [0, 0.1) is 0 Å². The number of aromatic nitrogens is 1. The maximum absolute atomic E-state index is 6.06. The minimum Gasteiger partial charge on any atom is -0.457 e. The second-order valence-electron chi connectivity index (χ2n) is 7.64. The highest BCUT2D eigenvalue weighted by molar-refractivity contribution is 5.65. The molecule has 1 N–H and O–H groups in total. The Morgan fingerprint density at radius 2 is 1.45 bits per heavy atom. The molecule has 0 unspecified atom stereocenters. The van der Waals surface area contributed by atoms with Crippen molar-refractivity contribution < 1.29 is 9.15 Å². The van der Waals surface area contributed by atoms with E-state index < -0.39 is 0 Å². The first-order valence-electron chi connectivity index (χ1n) is 10.7. The van der Waals surface area contributed by atoms with Gasteiger partial charge in [0, 0.05) is 23.0 Å². The van der Waals surface area contributed by atoms with Gasteiger partial charge in [0.15, 0.2) is 0 Å². The summed E-state index contributed by atoms with van der Waals surface area (Å²) in [6.45, 7) is 2.11. The smallest absolute Gasteiger partial charge is 0.225 e. The molecule has 0 bridgehead atoms. The normalized spacial score (nSPS) is 14.3. The van der Waals surface area contributed by atoms with Crippen LogP contribution in [0.5, 0.6) is 11.5 Å². The number of para-hydroxylation sites is 1. The summed E-state index contributed by atoms with van der Waals surface area (Å²) in [5.41, 5.74) is 3.34. The van der Waals surface area contributed by atoms with Crippen LogP contribution in [0.25, 0.3) is 11.5 Å². The number of nitrogens with zero attached hydrogens (tertiary/aromatic N) is 2. The third-order valence-corrected chi connectivity index (χ3v) is 5.59. The Balaban J connectivity index is 1.34. The number of ether oxygens (including phenoxy) is 1. The molecule has 2 heterocycles. The SMILES string of the molecule is c1ccc(N(c2ccc(Oc3ccc(-c4ncco4)cc3)cc2)C2CCNCC2)cc1. The van der Waals surface area contributed by atoms with E-state index in [0.29, 0.717) is 11.9 Å². The van der Waals surface area contributed by atoms with Gasteiger partial charge in [-0.15, -0.1) is 0 Å². The summed E-state index contributed by atoms with van der Waals surface area (Å²) in [4.78, 5) is 6.63. The first-order valence-corrected chi connectivity index (χ1v) is 10.7. The lowest BCUT2D eigenvalue weighted by molar-refractivity contribution is 0.451. The molecule has 1 fully saturated rings. The van der Waals surface area contributed by atoms with Crippen LogP contribution in [0.2, 0.25) is 0 Å². The monoisotopic (exact) mass is 411 g/mol. The van der Waals surface area contributed by atoms with Gasteiger partial charge in [0.1, 0.15) is 17.8 Å². The van der Waals surface area contributed by atoms with Crippen molar-refractivity contribution in [3.8, 4) is 23.0 Å². The lowest BCUT2D eigenvalue weighted by Crippen LogP contribution is -2.40. The molecule has 5 nitrogen and oxygen atoms in total. The molecular formula is C26H25N3O2. The van der Waals surface area contributed by atoms with Gasteiger partial charge in [-0.1, -0.05) is 18.2 Å². The molecule has 3 aromatic carbocycles. The van der Waals surface area contributed by atoms with Gasteiger partial charge in [0.2, 0.25) is 5.89 Å². The maximum Gasteiger partial charge on any atom is 0.225 e. The van der Waals surface area contributed by atoms with Crippen molar-refractivity contribution in [1.29, 1.82) is 0 Å². The highest BCUT2D eigenvalue weighted by Crippen LogP contribution is 2.33. The molecule has 31 heavy (non-hydrogen) atoms. The van der Waals surface area contributed by atoms with Crippen molar-refractivity contribution in [2.24, 2.45) is 0 Å². The van der Waals surface area contributed by atoms with Gasteiger partial charge < -0.3 is 19.4 Å². The van der Waals surface area contributed by atoms with Gasteiger partial charge in [-0.2, -0.15) is 0 Å². The van der Waals surface area contributed by atoms with Gasteiger partial charge in [-0.3, -0.25) is 0 Å². The zero-order valence-corrected chi connectivity index (χ0v) is 17.3. The summed E-state index contributed by atoms with van der Waals surface area (Å²) in [5, 5.41) is 3.47. The van der Waals surface area contributed by atoms with E-state index in [9.17, 15) is 0 Å². The molecule has 1 aromatic heterocycles. The van der Waals surface area contributed by atoms with Crippen LogP contribution in [0.15, 0.2) is 95.7 Å². The van der Waals surface area contributed by atoms with Gasteiger partial charge in [-0.05, 0) is 86.6 Å². The number of piperidine rings is 1. The Morgan fingerprint density at radius 1 is 0.806 bits per heavy atom. The van der Waals surface area contributed by atoms with E-state index in [2.05, 4.69) is 57.7 Å². The van der Waals surface area contributed by atoms with Crippen molar-refractivity contribution >= 4 is 11.4 Å². The quantitative estimate of drug-likeness (QED) is 0.420. The average Bonchev–Trinajstić information content (AvgIpc) is 3.37. The molecule has 1 saturated heterocycles. The summed E-state index contributed by atoms with van der Waals surface area (Å²) in [5.74, 6) is 2.20. The number of oxazole rings is 1. The molecule has 1 aliphatic rings. The topological polar surface area (TPSA) is 50.5 Å².